The molecule has 0 aliphatic heterocycles. The Bertz CT molecular complexity index is 303. The van der Waals surface area contributed by atoms with Crippen LogP contribution in [0.3, 0.4) is 0 Å². The van der Waals surface area contributed by atoms with E-state index in [1.54, 1.807) is 14.0 Å². The largest absolute Gasteiger partial charge is 0.497 e. The molecule has 0 aliphatic carbocycles. The van der Waals surface area contributed by atoms with Gasteiger partial charge in [0.15, 0.2) is 0 Å². The van der Waals surface area contributed by atoms with E-state index < -0.39 is 0 Å². The molecule has 3 heteroatoms. The molecule has 0 saturated carbocycles. The first-order valence-electron chi connectivity index (χ1n) is 4.92. The summed E-state index contributed by atoms with van der Waals surface area (Å²) in [5.74, 6) is 0.993. The van der Waals surface area contributed by atoms with Crippen LogP contribution in [0.25, 0.3) is 0 Å². The van der Waals surface area contributed by atoms with Crippen molar-refractivity contribution in [3.05, 3.63) is 29.8 Å². The van der Waals surface area contributed by atoms with Crippen molar-refractivity contribution in [1.82, 2.24) is 0 Å². The molecule has 1 aromatic rings. The molecule has 0 spiro atoms. The smallest absolute Gasteiger partial charge is 0.132 e. The third-order valence-electron chi connectivity index (χ3n) is 2.03. The molecule has 0 amide bonds. The molecule has 0 unspecified atom stereocenters. The number of hydrogen-bond donors (Lipinski definition) is 0. The molecule has 0 radical (unpaired) electrons. The van der Waals surface area contributed by atoms with E-state index in [0.29, 0.717) is 19.6 Å². The summed E-state index contributed by atoms with van der Waals surface area (Å²) in [7, 11) is 1.64. The van der Waals surface area contributed by atoms with Crippen LogP contribution in [0.4, 0.5) is 0 Å². The van der Waals surface area contributed by atoms with E-state index in [9.17, 15) is 4.79 Å². The minimum atomic E-state index is 0.157. The van der Waals surface area contributed by atoms with Gasteiger partial charge in [-0.15, -0.1) is 0 Å². The van der Waals surface area contributed by atoms with Crippen LogP contribution in [0.5, 0.6) is 5.75 Å². The lowest BCUT2D eigenvalue weighted by molar-refractivity contribution is -0.118. The Hall–Kier alpha value is -1.35. The van der Waals surface area contributed by atoms with E-state index in [0.717, 1.165) is 11.3 Å². The number of carbonyl (C=O) groups is 1. The van der Waals surface area contributed by atoms with Crippen LogP contribution in [0, 0.1) is 0 Å². The third-order valence-corrected chi connectivity index (χ3v) is 2.03. The second kappa shape index (κ2) is 6.19. The highest BCUT2D eigenvalue weighted by atomic mass is 16.5. The van der Waals surface area contributed by atoms with E-state index in [1.807, 2.05) is 24.3 Å². The monoisotopic (exact) mass is 208 g/mol. The predicted molar refractivity (Wildman–Crippen MR) is 57.9 cm³/mol. The fourth-order valence-corrected chi connectivity index (χ4v) is 1.13. The second-order valence-corrected chi connectivity index (χ2v) is 3.35. The van der Waals surface area contributed by atoms with Crippen LogP contribution in [-0.4, -0.2) is 19.5 Å². The summed E-state index contributed by atoms with van der Waals surface area (Å²) in [6, 6.07) is 7.69. The highest BCUT2D eigenvalue weighted by Crippen LogP contribution is 2.11. The number of ketones is 1. The number of hydrogen-bond acceptors (Lipinski definition) is 3. The molecule has 0 saturated heterocycles. The molecular formula is C12H16O3. The van der Waals surface area contributed by atoms with Crippen LogP contribution < -0.4 is 4.74 Å². The zero-order valence-corrected chi connectivity index (χ0v) is 9.16. The summed E-state index contributed by atoms with van der Waals surface area (Å²) in [5.41, 5.74) is 1.08. The van der Waals surface area contributed by atoms with Crippen molar-refractivity contribution >= 4 is 5.78 Å². The lowest BCUT2D eigenvalue weighted by atomic mass is 10.2. The maximum absolute atomic E-state index is 10.6. The Morgan fingerprint density at radius 2 is 1.93 bits per heavy atom. The molecule has 1 rings (SSSR count). The number of Topliss-reactive ketones (excluding diaryl/α,β-unsaturated/α-hetero) is 1. The first-order chi connectivity index (χ1) is 7.22. The normalized spacial score (nSPS) is 10.0. The van der Waals surface area contributed by atoms with Crippen molar-refractivity contribution < 1.29 is 14.3 Å². The minimum Gasteiger partial charge on any atom is -0.497 e. The van der Waals surface area contributed by atoms with E-state index in [4.69, 9.17) is 9.47 Å². The zero-order chi connectivity index (χ0) is 11.1. The van der Waals surface area contributed by atoms with Gasteiger partial charge in [0.25, 0.3) is 0 Å². The van der Waals surface area contributed by atoms with Crippen LogP contribution in [0.2, 0.25) is 0 Å². The van der Waals surface area contributed by atoms with Crippen LogP contribution >= 0.6 is 0 Å². The molecule has 3 nitrogen and oxygen atoms in total. The van der Waals surface area contributed by atoms with Gasteiger partial charge in [0.2, 0.25) is 0 Å². The second-order valence-electron chi connectivity index (χ2n) is 3.35. The number of methoxy groups -OCH3 is 1. The lowest BCUT2D eigenvalue weighted by Gasteiger charge is -2.04. The minimum absolute atomic E-state index is 0.157. The lowest BCUT2D eigenvalue weighted by Crippen LogP contribution is -2.00. The van der Waals surface area contributed by atoms with E-state index in [1.165, 1.54) is 0 Å². The number of rotatable bonds is 6. The summed E-state index contributed by atoms with van der Waals surface area (Å²) in [6.07, 6.45) is 0.482. The summed E-state index contributed by atoms with van der Waals surface area (Å²) in [4.78, 5) is 10.6. The highest BCUT2D eigenvalue weighted by Gasteiger charge is 1.96. The first-order valence-corrected chi connectivity index (χ1v) is 4.92. The molecule has 15 heavy (non-hydrogen) atoms. The highest BCUT2D eigenvalue weighted by molar-refractivity contribution is 5.75. The Morgan fingerprint density at radius 3 is 2.47 bits per heavy atom. The van der Waals surface area contributed by atoms with Gasteiger partial charge in [-0.2, -0.15) is 0 Å². The third kappa shape index (κ3) is 4.61. The molecule has 82 valence electrons. The van der Waals surface area contributed by atoms with Crippen molar-refractivity contribution in [1.29, 1.82) is 0 Å². The van der Waals surface area contributed by atoms with Crippen molar-refractivity contribution in [2.24, 2.45) is 0 Å². The van der Waals surface area contributed by atoms with Gasteiger partial charge < -0.3 is 9.47 Å². The summed E-state index contributed by atoms with van der Waals surface area (Å²) < 4.78 is 10.4. The van der Waals surface area contributed by atoms with E-state index in [2.05, 4.69) is 0 Å². The number of benzene rings is 1. The van der Waals surface area contributed by atoms with Crippen LogP contribution in [0.15, 0.2) is 24.3 Å². The van der Waals surface area contributed by atoms with E-state index in [-0.39, 0.29) is 5.78 Å². The molecule has 0 aliphatic rings. The molecule has 0 aromatic heterocycles. The van der Waals surface area contributed by atoms with Gasteiger partial charge in [0.05, 0.1) is 20.3 Å². The molecule has 0 atom stereocenters. The van der Waals surface area contributed by atoms with Crippen molar-refractivity contribution in [3.63, 3.8) is 0 Å². The average molecular weight is 208 g/mol. The van der Waals surface area contributed by atoms with Crippen molar-refractivity contribution in [2.75, 3.05) is 13.7 Å². The first kappa shape index (κ1) is 11.7. The summed E-state index contributed by atoms with van der Waals surface area (Å²) >= 11 is 0. The van der Waals surface area contributed by atoms with Crippen LogP contribution in [0.1, 0.15) is 18.9 Å². The fraction of sp³-hybridized carbons (Fsp3) is 0.417. The molecule has 0 fully saturated rings. The summed E-state index contributed by atoms with van der Waals surface area (Å²) in [6.45, 7) is 2.59. The SMILES string of the molecule is COc1ccc(COCCC(C)=O)cc1. The van der Waals surface area contributed by atoms with Gasteiger partial charge >= 0.3 is 0 Å². The Kier molecular flexibility index (Phi) is 4.84. The predicted octanol–water partition coefficient (Wildman–Crippen LogP) is 2.19. The van der Waals surface area contributed by atoms with Crippen molar-refractivity contribution in [2.45, 2.75) is 20.0 Å². The van der Waals surface area contributed by atoms with Gasteiger partial charge in [-0.1, -0.05) is 12.1 Å². The number of ether oxygens (including phenoxy) is 2. The Balaban J connectivity index is 2.28. The summed E-state index contributed by atoms with van der Waals surface area (Å²) in [5, 5.41) is 0. The van der Waals surface area contributed by atoms with E-state index >= 15 is 0 Å². The Morgan fingerprint density at radius 1 is 1.27 bits per heavy atom. The fourth-order valence-electron chi connectivity index (χ4n) is 1.13. The maximum Gasteiger partial charge on any atom is 0.132 e. The average Bonchev–Trinajstić information content (AvgIpc) is 2.25. The van der Waals surface area contributed by atoms with Gasteiger partial charge in [0.1, 0.15) is 11.5 Å². The number of carbonyl (C=O) groups excluding carboxylic acids is 1. The van der Waals surface area contributed by atoms with Crippen molar-refractivity contribution in [3.8, 4) is 5.75 Å². The van der Waals surface area contributed by atoms with Gasteiger partial charge in [-0.05, 0) is 24.6 Å². The topological polar surface area (TPSA) is 35.5 Å². The molecular weight excluding hydrogens is 192 g/mol. The molecule has 0 bridgehead atoms. The quantitative estimate of drug-likeness (QED) is 0.672. The van der Waals surface area contributed by atoms with Gasteiger partial charge in [0, 0.05) is 6.42 Å². The van der Waals surface area contributed by atoms with Crippen LogP contribution in [-0.2, 0) is 16.1 Å². The molecule has 0 heterocycles. The maximum atomic E-state index is 10.6. The zero-order valence-electron chi connectivity index (χ0n) is 9.16. The standard InChI is InChI=1S/C12H16O3/c1-10(13)7-8-15-9-11-3-5-12(14-2)6-4-11/h3-6H,7-9H2,1-2H3. The van der Waals surface area contributed by atoms with Gasteiger partial charge in [-0.3, -0.25) is 4.79 Å². The molecule has 0 N–H and O–H groups in total. The Labute approximate surface area is 90.0 Å². The van der Waals surface area contributed by atoms with Gasteiger partial charge in [-0.25, -0.2) is 0 Å². The molecule has 1 aromatic carbocycles.